The van der Waals surface area contributed by atoms with Gasteiger partial charge in [-0.3, -0.25) is 14.5 Å². The van der Waals surface area contributed by atoms with Crippen LogP contribution in [0, 0.1) is 6.92 Å². The number of carbonyl (C=O) groups is 4. The number of amides is 5. The van der Waals surface area contributed by atoms with E-state index in [0.29, 0.717) is 57.0 Å². The second-order valence-electron chi connectivity index (χ2n) is 13.2. The molecule has 11 nitrogen and oxygen atoms in total. The predicted molar refractivity (Wildman–Crippen MR) is 179 cm³/mol. The maximum Gasteiger partial charge on any atom is 0.323 e. The fourth-order valence-electron chi connectivity index (χ4n) is 7.59. The van der Waals surface area contributed by atoms with Crippen molar-refractivity contribution < 1.29 is 23.9 Å². The normalized spacial score (nSPS) is 21.6. The van der Waals surface area contributed by atoms with Crippen molar-refractivity contribution in [1.29, 1.82) is 0 Å². The second-order valence-corrected chi connectivity index (χ2v) is 13.6. The minimum Gasteiger partial charge on any atom is -0.468 e. The molecular formula is C35H45ClN6O5. The number of carbonyl (C=O) groups excluding carboxylic acids is 4. The van der Waals surface area contributed by atoms with E-state index in [-0.39, 0.29) is 42.1 Å². The third-order valence-electron chi connectivity index (χ3n) is 10.3. The number of halogens is 1. The minimum atomic E-state index is -0.755. The van der Waals surface area contributed by atoms with Crippen molar-refractivity contribution in [2.24, 2.45) is 0 Å². The number of nitrogens with zero attached hydrogens (tertiary/aromatic N) is 4. The van der Waals surface area contributed by atoms with E-state index >= 15 is 0 Å². The Morgan fingerprint density at radius 1 is 0.957 bits per heavy atom. The van der Waals surface area contributed by atoms with Gasteiger partial charge in [0.2, 0.25) is 5.91 Å². The van der Waals surface area contributed by atoms with Gasteiger partial charge in [0.25, 0.3) is 0 Å². The maximum absolute atomic E-state index is 14.0. The summed E-state index contributed by atoms with van der Waals surface area (Å²) in [6.45, 7) is 5.43. The highest BCUT2D eigenvalue weighted by Gasteiger charge is 2.39. The fraction of sp³-hybridized carbons (Fsp3) is 0.543. The summed E-state index contributed by atoms with van der Waals surface area (Å²) >= 11 is 6.43. The molecule has 2 N–H and O–H groups in total. The molecule has 6 rings (SSSR count). The van der Waals surface area contributed by atoms with Gasteiger partial charge in [0, 0.05) is 61.9 Å². The number of fused-ring (bicyclic) bond motifs is 1. The van der Waals surface area contributed by atoms with Crippen LogP contribution in [-0.4, -0.2) is 108 Å². The Bertz CT molecular complexity index is 1490. The first kappa shape index (κ1) is 33.1. The Kier molecular flexibility index (Phi) is 10.2. The summed E-state index contributed by atoms with van der Waals surface area (Å²) in [4.78, 5) is 60.6. The van der Waals surface area contributed by atoms with Crippen molar-refractivity contribution in [2.75, 3.05) is 45.2 Å². The average molecular weight is 665 g/mol. The summed E-state index contributed by atoms with van der Waals surface area (Å²) in [5.74, 6) is -0.299. The Morgan fingerprint density at radius 2 is 1.66 bits per heavy atom. The first-order chi connectivity index (χ1) is 22.7. The topological polar surface area (TPSA) is 115 Å². The average Bonchev–Trinajstić information content (AvgIpc) is 3.59. The van der Waals surface area contributed by atoms with Gasteiger partial charge in [0.05, 0.1) is 7.11 Å². The first-order valence-corrected chi connectivity index (χ1v) is 17.2. The van der Waals surface area contributed by atoms with Crippen LogP contribution in [0.25, 0.3) is 0 Å². The third-order valence-corrected chi connectivity index (χ3v) is 10.7. The van der Waals surface area contributed by atoms with E-state index in [0.717, 1.165) is 54.6 Å². The number of piperidine rings is 2. The van der Waals surface area contributed by atoms with Gasteiger partial charge in [0.1, 0.15) is 12.1 Å². The Morgan fingerprint density at radius 3 is 2.38 bits per heavy atom. The van der Waals surface area contributed by atoms with Gasteiger partial charge in [-0.1, -0.05) is 41.9 Å². The Hall–Kier alpha value is -3.83. The number of methoxy groups -OCH3 is 1. The molecule has 3 saturated heterocycles. The van der Waals surface area contributed by atoms with Gasteiger partial charge in [-0.25, -0.2) is 9.59 Å². The van der Waals surface area contributed by atoms with Gasteiger partial charge in [-0.15, -0.1) is 0 Å². The second kappa shape index (κ2) is 14.5. The van der Waals surface area contributed by atoms with E-state index in [9.17, 15) is 19.2 Å². The van der Waals surface area contributed by atoms with Gasteiger partial charge in [-0.05, 0) is 80.8 Å². The van der Waals surface area contributed by atoms with E-state index in [1.807, 2.05) is 59.2 Å². The van der Waals surface area contributed by atoms with Crippen LogP contribution in [0.2, 0.25) is 5.02 Å². The Balaban J connectivity index is 1.08. The smallest absolute Gasteiger partial charge is 0.323 e. The molecule has 0 radical (unpaired) electrons. The quantitative estimate of drug-likeness (QED) is 0.424. The fourth-order valence-corrected chi connectivity index (χ4v) is 7.79. The molecule has 252 valence electrons. The number of esters is 1. The molecule has 2 aromatic rings. The molecule has 12 heteroatoms. The number of aryl methyl sites for hydroxylation is 1. The van der Waals surface area contributed by atoms with Crippen LogP contribution in [0.4, 0.5) is 15.3 Å². The van der Waals surface area contributed by atoms with Crippen LogP contribution in [0.5, 0.6) is 0 Å². The number of para-hydroxylation sites is 1. The number of urea groups is 2. The van der Waals surface area contributed by atoms with Crippen LogP contribution in [0.3, 0.4) is 0 Å². The van der Waals surface area contributed by atoms with Crippen LogP contribution < -0.4 is 10.6 Å². The standard InChI is InChI=1S/C35H45ClN6O5/c1-23-9-10-24(20-28(23)36)21-30(32(43)39-16-11-26(12-17-39)41-15-5-8-31(41)33(44)47-2)38-34(45)40-18-13-27(14-19-40)42-22-25-6-3-4-7-29(25)37-35(42)46/h3-4,6-7,9-10,20,26-27,30-31H,5,8,11-19,21-22H2,1-2H3,(H,37,46)(H,38,45)/t30?,31-/m0/s1. The summed E-state index contributed by atoms with van der Waals surface area (Å²) in [6.07, 6.45) is 4.93. The predicted octanol–water partition coefficient (Wildman–Crippen LogP) is 4.41. The highest BCUT2D eigenvalue weighted by Crippen LogP contribution is 2.29. The molecule has 47 heavy (non-hydrogen) atoms. The van der Waals surface area contributed by atoms with Gasteiger partial charge in [0.15, 0.2) is 0 Å². The van der Waals surface area contributed by atoms with Crippen molar-refractivity contribution in [3.8, 4) is 0 Å². The Labute approximate surface area is 281 Å². The highest BCUT2D eigenvalue weighted by molar-refractivity contribution is 6.31. The van der Waals surface area contributed by atoms with Crippen molar-refractivity contribution in [3.63, 3.8) is 0 Å². The lowest BCUT2D eigenvalue weighted by Gasteiger charge is -2.41. The van der Waals surface area contributed by atoms with E-state index in [2.05, 4.69) is 15.5 Å². The molecule has 0 bridgehead atoms. The molecule has 3 fully saturated rings. The monoisotopic (exact) mass is 664 g/mol. The van der Waals surface area contributed by atoms with Crippen LogP contribution in [-0.2, 0) is 27.3 Å². The molecule has 4 aliphatic heterocycles. The van der Waals surface area contributed by atoms with Gasteiger partial charge < -0.3 is 30.1 Å². The van der Waals surface area contributed by atoms with Crippen LogP contribution in [0.15, 0.2) is 42.5 Å². The maximum atomic E-state index is 14.0. The zero-order valence-corrected chi connectivity index (χ0v) is 28.0. The summed E-state index contributed by atoms with van der Waals surface area (Å²) < 4.78 is 5.04. The van der Waals surface area contributed by atoms with E-state index in [4.69, 9.17) is 16.3 Å². The molecule has 4 heterocycles. The van der Waals surface area contributed by atoms with E-state index < -0.39 is 6.04 Å². The summed E-state index contributed by atoms with van der Waals surface area (Å²) in [5, 5.41) is 6.68. The molecular weight excluding hydrogens is 620 g/mol. The summed E-state index contributed by atoms with van der Waals surface area (Å²) in [6, 6.07) is 12.5. The molecule has 1 unspecified atom stereocenters. The molecule has 0 spiro atoms. The number of ether oxygens (including phenoxy) is 1. The lowest BCUT2D eigenvalue weighted by atomic mass is 9.99. The molecule has 4 aliphatic rings. The molecule has 5 amide bonds. The van der Waals surface area contributed by atoms with Gasteiger partial charge in [-0.2, -0.15) is 0 Å². The molecule has 0 aromatic heterocycles. The van der Waals surface area contributed by atoms with Gasteiger partial charge >= 0.3 is 18.0 Å². The third kappa shape index (κ3) is 7.36. The largest absolute Gasteiger partial charge is 0.468 e. The van der Waals surface area contributed by atoms with Crippen molar-refractivity contribution in [1.82, 2.24) is 24.9 Å². The SMILES string of the molecule is COC(=O)[C@@H]1CCCN1C1CCN(C(=O)C(Cc2ccc(C)c(Cl)c2)NC(=O)N2CCC(N3Cc4ccccc4NC3=O)CC2)CC1. The number of hydrogen-bond donors (Lipinski definition) is 2. The van der Waals surface area contributed by atoms with Crippen molar-refractivity contribution >= 4 is 41.2 Å². The number of benzene rings is 2. The van der Waals surface area contributed by atoms with Crippen molar-refractivity contribution in [3.05, 3.63) is 64.2 Å². The number of likely N-dealkylation sites (tertiary alicyclic amines) is 3. The first-order valence-electron chi connectivity index (χ1n) is 16.8. The van der Waals surface area contributed by atoms with Crippen molar-refractivity contribution in [2.45, 2.75) is 82.6 Å². The minimum absolute atomic E-state index is 0.0234. The number of hydrogen-bond acceptors (Lipinski definition) is 6. The number of anilines is 1. The lowest BCUT2D eigenvalue weighted by molar-refractivity contribution is -0.147. The lowest BCUT2D eigenvalue weighted by Crippen LogP contribution is -2.58. The summed E-state index contributed by atoms with van der Waals surface area (Å²) in [5.41, 5.74) is 3.76. The molecule has 2 aromatic carbocycles. The van der Waals surface area contributed by atoms with E-state index in [1.165, 1.54) is 7.11 Å². The van der Waals surface area contributed by atoms with E-state index in [1.54, 1.807) is 4.90 Å². The zero-order chi connectivity index (χ0) is 33.1. The summed E-state index contributed by atoms with van der Waals surface area (Å²) in [7, 11) is 1.43. The molecule has 0 saturated carbocycles. The molecule has 0 aliphatic carbocycles. The highest BCUT2D eigenvalue weighted by atomic mass is 35.5. The zero-order valence-electron chi connectivity index (χ0n) is 27.3. The number of rotatable bonds is 7. The van der Waals surface area contributed by atoms with Crippen LogP contribution >= 0.6 is 11.6 Å². The molecule has 2 atom stereocenters. The van der Waals surface area contributed by atoms with Crippen LogP contribution in [0.1, 0.15) is 55.2 Å². The number of nitrogens with one attached hydrogen (secondary N) is 2.